The molecule has 1 atom stereocenters. The number of anilines is 1. The van der Waals surface area contributed by atoms with E-state index in [4.69, 9.17) is 16.6 Å². The Hall–Kier alpha value is -3.16. The number of fused-ring (bicyclic) bond motifs is 1. The minimum atomic E-state index is -0.166. The van der Waals surface area contributed by atoms with E-state index < -0.39 is 0 Å². The van der Waals surface area contributed by atoms with Gasteiger partial charge in [-0.25, -0.2) is 4.98 Å². The minimum Gasteiger partial charge on any atom is -0.352 e. The molecule has 34 heavy (non-hydrogen) atoms. The molecule has 0 spiro atoms. The van der Waals surface area contributed by atoms with Crippen LogP contribution in [-0.4, -0.2) is 29.0 Å². The Balaban J connectivity index is 1.35. The zero-order valence-corrected chi connectivity index (χ0v) is 20.4. The first kappa shape index (κ1) is 22.6. The second-order valence-corrected chi connectivity index (χ2v) is 10.0. The number of hydrogen-bond donors (Lipinski definition) is 2. The number of nitrogens with one attached hydrogen (secondary N) is 2. The number of aryl methyl sites for hydroxylation is 1. The van der Waals surface area contributed by atoms with Crippen LogP contribution in [0.4, 0.5) is 5.95 Å². The lowest BCUT2D eigenvalue weighted by molar-refractivity contribution is -0.125. The predicted octanol–water partition coefficient (Wildman–Crippen LogP) is 5.15. The third-order valence-corrected chi connectivity index (χ3v) is 7.47. The van der Waals surface area contributed by atoms with Crippen LogP contribution in [0.2, 0.25) is 5.02 Å². The molecule has 2 aromatic heterocycles. The molecule has 1 aliphatic heterocycles. The van der Waals surface area contributed by atoms with Crippen molar-refractivity contribution < 1.29 is 4.79 Å². The Bertz CT molecular complexity index is 1380. The van der Waals surface area contributed by atoms with Gasteiger partial charge in [-0.2, -0.15) is 0 Å². The summed E-state index contributed by atoms with van der Waals surface area (Å²) in [5, 5.41) is 5.70. The second-order valence-electron chi connectivity index (χ2n) is 8.71. The highest BCUT2D eigenvalue weighted by Gasteiger charge is 2.27. The maximum atomic E-state index is 12.9. The molecule has 5 rings (SSSR count). The monoisotopic (exact) mass is 492 g/mol. The van der Waals surface area contributed by atoms with Gasteiger partial charge in [-0.15, -0.1) is 11.3 Å². The lowest BCUT2D eigenvalue weighted by Crippen LogP contribution is -2.44. The quantitative estimate of drug-likeness (QED) is 0.404. The van der Waals surface area contributed by atoms with Gasteiger partial charge in [0.25, 0.3) is 5.56 Å². The molecule has 0 saturated carbocycles. The number of hydrogen-bond acceptors (Lipinski definition) is 5. The highest BCUT2D eigenvalue weighted by molar-refractivity contribution is 7.17. The van der Waals surface area contributed by atoms with Crippen LogP contribution in [-0.2, 0) is 11.3 Å². The van der Waals surface area contributed by atoms with Crippen LogP contribution in [0.25, 0.3) is 21.3 Å². The second kappa shape index (κ2) is 9.60. The fourth-order valence-corrected chi connectivity index (χ4v) is 5.36. The number of benzene rings is 2. The fraction of sp³-hybridized carbons (Fsp3) is 0.269. The molecule has 3 heterocycles. The van der Waals surface area contributed by atoms with Crippen molar-refractivity contribution >= 4 is 45.0 Å². The standard InChI is InChI=1S/C26H25ClN4O2S/c1-16-4-8-18(9-5-16)21-15-34-23-22(21)29-26(30-25(23)33)31-12-2-3-19(14-31)24(32)28-13-17-6-10-20(27)11-7-17/h4-11,15,19H,2-3,12-14H2,1H3,(H,28,32)(H,29,30,33)/t19-/m0/s1. The SMILES string of the molecule is Cc1ccc(-c2csc3c(=O)[nH]c(N4CCC[C@H](C(=O)NCc5ccc(Cl)cc5)C4)nc23)cc1. The molecule has 6 nitrogen and oxygen atoms in total. The summed E-state index contributed by atoms with van der Waals surface area (Å²) in [6.07, 6.45) is 1.66. The number of H-pyrrole nitrogens is 1. The van der Waals surface area contributed by atoms with E-state index in [-0.39, 0.29) is 17.4 Å². The topological polar surface area (TPSA) is 78.1 Å². The zero-order valence-electron chi connectivity index (χ0n) is 18.8. The maximum Gasteiger partial charge on any atom is 0.270 e. The van der Waals surface area contributed by atoms with Crippen LogP contribution in [0.5, 0.6) is 0 Å². The first-order valence-electron chi connectivity index (χ1n) is 11.3. The highest BCUT2D eigenvalue weighted by atomic mass is 35.5. The first-order valence-corrected chi connectivity index (χ1v) is 12.6. The summed E-state index contributed by atoms with van der Waals surface area (Å²) in [7, 11) is 0. The number of aromatic nitrogens is 2. The van der Waals surface area contributed by atoms with Crippen LogP contribution in [0.15, 0.2) is 58.7 Å². The largest absolute Gasteiger partial charge is 0.352 e. The van der Waals surface area contributed by atoms with Crippen molar-refractivity contribution in [3.63, 3.8) is 0 Å². The summed E-state index contributed by atoms with van der Waals surface area (Å²) in [5.41, 5.74) is 4.76. The molecule has 1 amide bonds. The minimum absolute atomic E-state index is 0.0129. The van der Waals surface area contributed by atoms with Gasteiger partial charge < -0.3 is 10.2 Å². The summed E-state index contributed by atoms with van der Waals surface area (Å²) in [6.45, 7) is 3.78. The average Bonchev–Trinajstić information content (AvgIpc) is 3.29. The van der Waals surface area contributed by atoms with E-state index in [9.17, 15) is 9.59 Å². The van der Waals surface area contributed by atoms with Gasteiger partial charge in [0.2, 0.25) is 11.9 Å². The van der Waals surface area contributed by atoms with Gasteiger partial charge in [0.05, 0.1) is 11.4 Å². The van der Waals surface area contributed by atoms with E-state index in [0.29, 0.717) is 34.3 Å². The van der Waals surface area contributed by atoms with Crippen LogP contribution in [0.3, 0.4) is 0 Å². The maximum absolute atomic E-state index is 12.9. The zero-order chi connectivity index (χ0) is 23.7. The molecule has 1 saturated heterocycles. The molecule has 0 unspecified atom stereocenters. The number of thiophene rings is 1. The number of piperidine rings is 1. The van der Waals surface area contributed by atoms with Crippen LogP contribution < -0.4 is 15.8 Å². The Morgan fingerprint density at radius 3 is 2.74 bits per heavy atom. The number of nitrogens with zero attached hydrogens (tertiary/aromatic N) is 2. The van der Waals surface area contributed by atoms with Crippen molar-refractivity contribution in [3.05, 3.63) is 80.4 Å². The van der Waals surface area contributed by atoms with E-state index in [1.807, 2.05) is 34.5 Å². The Morgan fingerprint density at radius 2 is 1.97 bits per heavy atom. The Kier molecular flexibility index (Phi) is 6.39. The molecule has 0 bridgehead atoms. The van der Waals surface area contributed by atoms with Gasteiger partial charge in [0.15, 0.2) is 0 Å². The van der Waals surface area contributed by atoms with Gasteiger partial charge >= 0.3 is 0 Å². The predicted molar refractivity (Wildman–Crippen MR) is 139 cm³/mol. The third kappa shape index (κ3) is 4.72. The normalized spacial score (nSPS) is 16.1. The molecule has 2 aromatic carbocycles. The van der Waals surface area contributed by atoms with Crippen molar-refractivity contribution in [3.8, 4) is 11.1 Å². The van der Waals surface area contributed by atoms with Gasteiger partial charge in [-0.3, -0.25) is 14.6 Å². The Morgan fingerprint density at radius 1 is 1.21 bits per heavy atom. The van der Waals surface area contributed by atoms with Gasteiger partial charge in [0.1, 0.15) is 4.70 Å². The van der Waals surface area contributed by atoms with Crippen molar-refractivity contribution in [1.29, 1.82) is 0 Å². The molecule has 2 N–H and O–H groups in total. The lowest BCUT2D eigenvalue weighted by Gasteiger charge is -2.32. The van der Waals surface area contributed by atoms with E-state index in [1.165, 1.54) is 16.9 Å². The number of halogens is 1. The summed E-state index contributed by atoms with van der Waals surface area (Å²) < 4.78 is 0.619. The fourth-order valence-electron chi connectivity index (χ4n) is 4.32. The average molecular weight is 493 g/mol. The smallest absolute Gasteiger partial charge is 0.270 e. The van der Waals surface area contributed by atoms with Crippen molar-refractivity contribution in [2.75, 3.05) is 18.0 Å². The molecule has 174 valence electrons. The van der Waals surface area contributed by atoms with Gasteiger partial charge in [-0.05, 0) is 43.0 Å². The number of rotatable bonds is 5. The van der Waals surface area contributed by atoms with Crippen LogP contribution in [0, 0.1) is 12.8 Å². The number of aromatic amines is 1. The molecule has 0 radical (unpaired) electrons. The molecule has 1 fully saturated rings. The van der Waals surface area contributed by atoms with E-state index >= 15 is 0 Å². The third-order valence-electron chi connectivity index (χ3n) is 6.25. The van der Waals surface area contributed by atoms with E-state index in [0.717, 1.165) is 36.1 Å². The number of amides is 1. The number of carbonyl (C=O) groups excluding carboxylic acids is 1. The summed E-state index contributed by atoms with van der Waals surface area (Å²) >= 11 is 7.35. The van der Waals surface area contributed by atoms with Crippen molar-refractivity contribution in [2.24, 2.45) is 5.92 Å². The lowest BCUT2D eigenvalue weighted by atomic mass is 9.97. The Labute approximate surface area is 206 Å². The molecule has 8 heteroatoms. The molecule has 1 aliphatic rings. The molecular weight excluding hydrogens is 468 g/mol. The van der Waals surface area contributed by atoms with Crippen molar-refractivity contribution in [2.45, 2.75) is 26.3 Å². The van der Waals surface area contributed by atoms with Gasteiger partial charge in [0, 0.05) is 35.6 Å². The summed E-state index contributed by atoms with van der Waals surface area (Å²) in [5.74, 6) is 0.375. The van der Waals surface area contributed by atoms with Gasteiger partial charge in [-0.1, -0.05) is 53.6 Å². The van der Waals surface area contributed by atoms with Crippen molar-refractivity contribution in [1.82, 2.24) is 15.3 Å². The molecule has 0 aliphatic carbocycles. The summed E-state index contributed by atoms with van der Waals surface area (Å²) in [6, 6.07) is 15.7. The molecule has 4 aromatic rings. The first-order chi connectivity index (χ1) is 16.5. The van der Waals surface area contributed by atoms with E-state index in [2.05, 4.69) is 41.5 Å². The molecular formula is C26H25ClN4O2S. The number of carbonyl (C=O) groups is 1. The summed E-state index contributed by atoms with van der Waals surface area (Å²) in [4.78, 5) is 35.5. The van der Waals surface area contributed by atoms with E-state index in [1.54, 1.807) is 0 Å². The van der Waals surface area contributed by atoms with Crippen LogP contribution >= 0.6 is 22.9 Å². The highest BCUT2D eigenvalue weighted by Crippen LogP contribution is 2.32. The van der Waals surface area contributed by atoms with Crippen LogP contribution in [0.1, 0.15) is 24.0 Å².